The number of rotatable bonds is 4. The number of methoxy groups -OCH3 is 1. The van der Waals surface area contributed by atoms with Crippen molar-refractivity contribution >= 4 is 0 Å². The molecular formula is C17H26N2O. The van der Waals surface area contributed by atoms with E-state index in [1.54, 1.807) is 7.11 Å². The fourth-order valence-electron chi connectivity index (χ4n) is 3.58. The maximum atomic E-state index is 6.55. The Bertz CT molecular complexity index is 488. The predicted octanol–water partition coefficient (Wildman–Crippen LogP) is 2.60. The fraction of sp³-hybridized carbons (Fsp3) is 0.647. The molecule has 110 valence electrons. The molecule has 0 amide bonds. The maximum Gasteiger partial charge on any atom is 0.119 e. The molecule has 1 saturated carbocycles. The van der Waals surface area contributed by atoms with Crippen LogP contribution in [0, 0.1) is 11.8 Å². The van der Waals surface area contributed by atoms with Crippen molar-refractivity contribution in [2.24, 2.45) is 17.6 Å². The standard InChI is InChI=1S/C17H26N2O/c1-11-8-13(11)10-19(2)16-7-5-12-4-6-14(20-3)9-15(12)17(16)18/h4,6,9,11,13,16-17H,5,7-8,10,18H2,1-3H3. The van der Waals surface area contributed by atoms with E-state index in [0.717, 1.165) is 30.4 Å². The average Bonchev–Trinajstić information content (AvgIpc) is 3.14. The largest absolute Gasteiger partial charge is 0.497 e. The molecule has 0 aromatic heterocycles. The van der Waals surface area contributed by atoms with Crippen LogP contribution < -0.4 is 10.5 Å². The first kappa shape index (κ1) is 13.9. The van der Waals surface area contributed by atoms with E-state index in [1.165, 1.54) is 24.1 Å². The van der Waals surface area contributed by atoms with Gasteiger partial charge in [-0.3, -0.25) is 0 Å². The maximum absolute atomic E-state index is 6.55. The summed E-state index contributed by atoms with van der Waals surface area (Å²) in [4.78, 5) is 2.49. The van der Waals surface area contributed by atoms with E-state index in [4.69, 9.17) is 10.5 Å². The zero-order valence-corrected chi connectivity index (χ0v) is 12.8. The fourth-order valence-corrected chi connectivity index (χ4v) is 3.58. The number of aryl methyl sites for hydroxylation is 1. The minimum absolute atomic E-state index is 0.105. The van der Waals surface area contributed by atoms with Crippen molar-refractivity contribution in [3.8, 4) is 5.75 Å². The van der Waals surface area contributed by atoms with Crippen LogP contribution in [0.5, 0.6) is 5.75 Å². The lowest BCUT2D eigenvalue weighted by molar-refractivity contribution is 0.182. The lowest BCUT2D eigenvalue weighted by Gasteiger charge is -2.37. The minimum Gasteiger partial charge on any atom is -0.497 e. The summed E-state index contributed by atoms with van der Waals surface area (Å²) in [6, 6.07) is 6.91. The Morgan fingerprint density at radius 2 is 2.15 bits per heavy atom. The molecule has 20 heavy (non-hydrogen) atoms. The Labute approximate surface area is 122 Å². The van der Waals surface area contributed by atoms with E-state index in [0.29, 0.717) is 6.04 Å². The number of hydrogen-bond donors (Lipinski definition) is 1. The van der Waals surface area contributed by atoms with Gasteiger partial charge in [0, 0.05) is 18.6 Å². The van der Waals surface area contributed by atoms with Crippen LogP contribution >= 0.6 is 0 Å². The van der Waals surface area contributed by atoms with Crippen molar-refractivity contribution in [3.05, 3.63) is 29.3 Å². The second kappa shape index (κ2) is 5.38. The molecule has 0 bridgehead atoms. The van der Waals surface area contributed by atoms with Crippen LogP contribution in [0.4, 0.5) is 0 Å². The van der Waals surface area contributed by atoms with Crippen LogP contribution in [0.3, 0.4) is 0 Å². The third-order valence-electron chi connectivity index (χ3n) is 5.20. The number of fused-ring (bicyclic) bond motifs is 1. The van der Waals surface area contributed by atoms with E-state index < -0.39 is 0 Å². The highest BCUT2D eigenvalue weighted by Gasteiger charge is 2.37. The van der Waals surface area contributed by atoms with Gasteiger partial charge < -0.3 is 15.4 Å². The number of ether oxygens (including phenoxy) is 1. The van der Waals surface area contributed by atoms with Gasteiger partial charge in [0.05, 0.1) is 7.11 Å². The van der Waals surface area contributed by atoms with Gasteiger partial charge in [-0.25, -0.2) is 0 Å². The summed E-state index contributed by atoms with van der Waals surface area (Å²) in [6.07, 6.45) is 3.68. The van der Waals surface area contributed by atoms with E-state index >= 15 is 0 Å². The van der Waals surface area contributed by atoms with Gasteiger partial charge in [-0.1, -0.05) is 13.0 Å². The monoisotopic (exact) mass is 274 g/mol. The summed E-state index contributed by atoms with van der Waals surface area (Å²) >= 11 is 0. The summed E-state index contributed by atoms with van der Waals surface area (Å²) in [5, 5.41) is 0. The van der Waals surface area contributed by atoms with Crippen molar-refractivity contribution in [1.82, 2.24) is 4.90 Å². The second-order valence-corrected chi connectivity index (χ2v) is 6.61. The quantitative estimate of drug-likeness (QED) is 0.917. The number of nitrogens with two attached hydrogens (primary N) is 1. The highest BCUT2D eigenvalue weighted by Crippen LogP contribution is 2.40. The minimum atomic E-state index is 0.105. The molecule has 3 rings (SSSR count). The van der Waals surface area contributed by atoms with Gasteiger partial charge in [0.2, 0.25) is 0 Å². The van der Waals surface area contributed by atoms with Gasteiger partial charge in [-0.15, -0.1) is 0 Å². The first-order chi connectivity index (χ1) is 9.60. The van der Waals surface area contributed by atoms with Gasteiger partial charge in [-0.05, 0) is 61.4 Å². The molecule has 0 spiro atoms. The lowest BCUT2D eigenvalue weighted by Crippen LogP contribution is -2.44. The average molecular weight is 274 g/mol. The van der Waals surface area contributed by atoms with Crippen molar-refractivity contribution in [2.75, 3.05) is 20.7 Å². The molecular weight excluding hydrogens is 248 g/mol. The van der Waals surface area contributed by atoms with E-state index in [9.17, 15) is 0 Å². The van der Waals surface area contributed by atoms with Crippen molar-refractivity contribution in [1.29, 1.82) is 0 Å². The van der Waals surface area contributed by atoms with Crippen LogP contribution in [-0.4, -0.2) is 31.6 Å². The van der Waals surface area contributed by atoms with Crippen LogP contribution in [0.1, 0.15) is 36.9 Å². The molecule has 3 heteroatoms. The van der Waals surface area contributed by atoms with E-state index in [2.05, 4.69) is 31.0 Å². The molecule has 0 aliphatic heterocycles. The zero-order valence-electron chi connectivity index (χ0n) is 12.8. The lowest BCUT2D eigenvalue weighted by atomic mass is 9.83. The second-order valence-electron chi connectivity index (χ2n) is 6.61. The number of benzene rings is 1. The number of nitrogens with zero attached hydrogens (tertiary/aromatic N) is 1. The first-order valence-corrected chi connectivity index (χ1v) is 7.72. The summed E-state index contributed by atoms with van der Waals surface area (Å²) in [6.45, 7) is 3.54. The summed E-state index contributed by atoms with van der Waals surface area (Å²) in [7, 11) is 3.95. The summed E-state index contributed by atoms with van der Waals surface area (Å²) < 4.78 is 5.34. The van der Waals surface area contributed by atoms with E-state index in [1.807, 2.05) is 6.07 Å². The van der Waals surface area contributed by atoms with Crippen LogP contribution in [0.15, 0.2) is 18.2 Å². The van der Waals surface area contributed by atoms with Crippen molar-refractivity contribution in [3.63, 3.8) is 0 Å². The Morgan fingerprint density at radius 1 is 1.40 bits per heavy atom. The van der Waals surface area contributed by atoms with Crippen LogP contribution in [0.25, 0.3) is 0 Å². The predicted molar refractivity (Wildman–Crippen MR) is 81.9 cm³/mol. The molecule has 1 fully saturated rings. The number of hydrogen-bond acceptors (Lipinski definition) is 3. The Hall–Kier alpha value is -1.06. The Kier molecular flexibility index (Phi) is 3.74. The third kappa shape index (κ3) is 2.57. The highest BCUT2D eigenvalue weighted by molar-refractivity contribution is 5.40. The molecule has 3 nitrogen and oxygen atoms in total. The topological polar surface area (TPSA) is 38.5 Å². The number of likely N-dealkylation sites (N-methyl/N-ethyl adjacent to an activating group) is 1. The first-order valence-electron chi connectivity index (χ1n) is 7.72. The highest BCUT2D eigenvalue weighted by atomic mass is 16.5. The molecule has 2 aliphatic carbocycles. The van der Waals surface area contributed by atoms with Crippen LogP contribution in [-0.2, 0) is 6.42 Å². The van der Waals surface area contributed by atoms with Gasteiger partial charge in [-0.2, -0.15) is 0 Å². The summed E-state index contributed by atoms with van der Waals surface area (Å²) in [5.41, 5.74) is 9.21. The third-order valence-corrected chi connectivity index (χ3v) is 5.20. The van der Waals surface area contributed by atoms with Gasteiger partial charge >= 0.3 is 0 Å². The summed E-state index contributed by atoms with van der Waals surface area (Å²) in [5.74, 6) is 2.71. The SMILES string of the molecule is COc1ccc2c(c1)C(N)C(N(C)CC1CC1C)CC2. The molecule has 0 saturated heterocycles. The van der Waals surface area contributed by atoms with Crippen LogP contribution in [0.2, 0.25) is 0 Å². The van der Waals surface area contributed by atoms with Gasteiger partial charge in [0.25, 0.3) is 0 Å². The molecule has 0 radical (unpaired) electrons. The van der Waals surface area contributed by atoms with Gasteiger partial charge in [0.1, 0.15) is 5.75 Å². The van der Waals surface area contributed by atoms with Crippen molar-refractivity contribution in [2.45, 2.75) is 38.3 Å². The molecule has 2 N–H and O–H groups in total. The molecule has 4 unspecified atom stereocenters. The zero-order chi connectivity index (χ0) is 14.3. The molecule has 1 aromatic carbocycles. The van der Waals surface area contributed by atoms with Crippen molar-refractivity contribution < 1.29 is 4.74 Å². The molecule has 2 aliphatic rings. The smallest absolute Gasteiger partial charge is 0.119 e. The molecule has 4 atom stereocenters. The Balaban J connectivity index is 1.75. The van der Waals surface area contributed by atoms with E-state index in [-0.39, 0.29) is 6.04 Å². The molecule has 0 heterocycles. The Morgan fingerprint density at radius 3 is 2.80 bits per heavy atom. The molecule has 1 aromatic rings. The van der Waals surface area contributed by atoms with Gasteiger partial charge in [0.15, 0.2) is 0 Å². The normalized spacial score (nSPS) is 32.0.